The Morgan fingerprint density at radius 3 is 1.51 bits per heavy atom. The number of hydrogen-bond acceptors (Lipinski definition) is 4. The van der Waals surface area contributed by atoms with Crippen LogP contribution in [0, 0.1) is 0 Å². The van der Waals surface area contributed by atoms with Crippen molar-refractivity contribution in [1.29, 1.82) is 0 Å². The van der Waals surface area contributed by atoms with E-state index in [1.807, 2.05) is 11.5 Å². The maximum absolute atomic E-state index is 14.5. The fourth-order valence-corrected chi connectivity index (χ4v) is 5.36. The van der Waals surface area contributed by atoms with Crippen LogP contribution in [-0.4, -0.2) is 53.8 Å². The molecule has 1 unspecified atom stereocenters. The van der Waals surface area contributed by atoms with E-state index in [1.165, 1.54) is 48.5 Å². The van der Waals surface area contributed by atoms with Gasteiger partial charge in [0.05, 0.1) is 0 Å². The van der Waals surface area contributed by atoms with E-state index in [0.29, 0.717) is 28.4 Å². The molecule has 12 heteroatoms. The number of halogens is 7. The molecule has 5 nitrogen and oxygen atoms in total. The molecule has 5 aromatic rings. The summed E-state index contributed by atoms with van der Waals surface area (Å²) in [6.45, 7) is 3.44. The molecule has 0 saturated carbocycles. The van der Waals surface area contributed by atoms with Crippen LogP contribution < -0.4 is 9.47 Å². The van der Waals surface area contributed by atoms with Gasteiger partial charge >= 0.3 is 12.3 Å². The third-order valence-electron chi connectivity index (χ3n) is 8.04. The second kappa shape index (κ2) is 14.2. The molecule has 0 amide bonds. The fraction of sp³-hybridized carbons (Fsp3) is 0.243. The van der Waals surface area contributed by atoms with Crippen LogP contribution in [-0.2, 0) is 6.54 Å². The standard InChI is InChI=1S/C37H30F7NO4/c1-3-17-36(42,34(38)39)20-48-26-11-5-22(6-12-26)32(46)24-9-15-30-28(18-24)29-19-25(10-16-31(29)45(30)4-2)33(47)23-7-13-27(14-8-23)49-21-37(43,44)35(40)41/h3,5-16,18-19,34-35H,1,4,17,20-21H2,2H3. The first-order chi connectivity index (χ1) is 23.3. The van der Waals surface area contributed by atoms with Crippen molar-refractivity contribution in [2.45, 2.75) is 44.3 Å². The van der Waals surface area contributed by atoms with Crippen LogP contribution in [0.25, 0.3) is 21.8 Å². The van der Waals surface area contributed by atoms with Gasteiger partial charge in [-0.1, -0.05) is 6.08 Å². The zero-order chi connectivity index (χ0) is 35.5. The first kappa shape index (κ1) is 35.2. The molecular formula is C37H30F7NO4. The van der Waals surface area contributed by atoms with E-state index in [-0.39, 0.29) is 34.2 Å². The summed E-state index contributed by atoms with van der Waals surface area (Å²) < 4.78 is 104. The van der Waals surface area contributed by atoms with E-state index in [4.69, 9.17) is 9.47 Å². The number of hydrogen-bond donors (Lipinski definition) is 0. The number of carbonyl (C=O) groups is 2. The van der Waals surface area contributed by atoms with E-state index < -0.39 is 44.1 Å². The van der Waals surface area contributed by atoms with Crippen LogP contribution in [0.2, 0.25) is 0 Å². The van der Waals surface area contributed by atoms with Crippen LogP contribution in [0.5, 0.6) is 11.5 Å². The number of carbonyl (C=O) groups excluding carboxylic acids is 2. The minimum Gasteiger partial charge on any atom is -0.490 e. The van der Waals surface area contributed by atoms with Crippen LogP contribution in [0.4, 0.5) is 30.7 Å². The number of alkyl halides is 7. The Morgan fingerprint density at radius 1 is 0.694 bits per heavy atom. The molecule has 1 aromatic heterocycles. The third-order valence-corrected chi connectivity index (χ3v) is 8.04. The predicted octanol–water partition coefficient (Wildman–Crippen LogP) is 9.48. The zero-order valence-electron chi connectivity index (χ0n) is 26.1. The summed E-state index contributed by atoms with van der Waals surface area (Å²) in [4.78, 5) is 26.8. The minimum absolute atomic E-state index is 0.102. The van der Waals surface area contributed by atoms with Gasteiger partial charge in [-0.25, -0.2) is 22.0 Å². The van der Waals surface area contributed by atoms with E-state index in [9.17, 15) is 40.3 Å². The summed E-state index contributed by atoms with van der Waals surface area (Å²) in [5.74, 6) is -5.04. The van der Waals surface area contributed by atoms with Crippen molar-refractivity contribution in [3.8, 4) is 11.5 Å². The van der Waals surface area contributed by atoms with Crippen molar-refractivity contribution in [3.05, 3.63) is 120 Å². The maximum Gasteiger partial charge on any atom is 0.340 e. The molecule has 5 rings (SSSR count). The number of ether oxygens (including phenoxy) is 2. The molecule has 1 atom stereocenters. The molecule has 256 valence electrons. The Morgan fingerprint density at radius 2 is 1.12 bits per heavy atom. The number of benzene rings is 4. The first-order valence-electron chi connectivity index (χ1n) is 15.1. The molecule has 0 spiro atoms. The van der Waals surface area contributed by atoms with Crippen molar-refractivity contribution in [1.82, 2.24) is 4.57 Å². The molecule has 0 saturated heterocycles. The highest BCUT2D eigenvalue weighted by Crippen LogP contribution is 2.33. The molecule has 0 radical (unpaired) electrons. The highest BCUT2D eigenvalue weighted by molar-refractivity contribution is 6.17. The van der Waals surface area contributed by atoms with Crippen molar-refractivity contribution in [2.75, 3.05) is 13.2 Å². The smallest absolute Gasteiger partial charge is 0.340 e. The van der Waals surface area contributed by atoms with Gasteiger partial charge in [0.25, 0.3) is 6.43 Å². The highest BCUT2D eigenvalue weighted by atomic mass is 19.3. The highest BCUT2D eigenvalue weighted by Gasteiger charge is 2.42. The summed E-state index contributed by atoms with van der Waals surface area (Å²) in [5.41, 5.74) is -0.125. The van der Waals surface area contributed by atoms with Crippen molar-refractivity contribution in [3.63, 3.8) is 0 Å². The Kier molecular flexibility index (Phi) is 10.2. The van der Waals surface area contributed by atoms with Crippen molar-refractivity contribution >= 4 is 33.4 Å². The second-order valence-corrected chi connectivity index (χ2v) is 11.4. The molecule has 0 aliphatic rings. The zero-order valence-corrected chi connectivity index (χ0v) is 26.1. The van der Waals surface area contributed by atoms with Gasteiger partial charge in [0.15, 0.2) is 18.2 Å². The average molecular weight is 686 g/mol. The van der Waals surface area contributed by atoms with E-state index >= 15 is 0 Å². The predicted molar refractivity (Wildman–Crippen MR) is 171 cm³/mol. The Balaban J connectivity index is 1.38. The number of aryl methyl sites for hydroxylation is 1. The number of fused-ring (bicyclic) bond motifs is 3. The van der Waals surface area contributed by atoms with Crippen LogP contribution in [0.3, 0.4) is 0 Å². The number of aromatic nitrogens is 1. The summed E-state index contributed by atoms with van der Waals surface area (Å²) in [7, 11) is 0. The van der Waals surface area contributed by atoms with Crippen LogP contribution in [0.1, 0.15) is 45.2 Å². The fourth-order valence-electron chi connectivity index (χ4n) is 5.36. The molecule has 0 aliphatic heterocycles. The lowest BCUT2D eigenvalue weighted by molar-refractivity contribution is -0.148. The third kappa shape index (κ3) is 7.33. The Bertz CT molecular complexity index is 1990. The molecule has 0 fully saturated rings. The van der Waals surface area contributed by atoms with Gasteiger partial charge in [0.1, 0.15) is 18.1 Å². The largest absolute Gasteiger partial charge is 0.490 e. The van der Waals surface area contributed by atoms with Crippen molar-refractivity contribution < 1.29 is 49.8 Å². The maximum atomic E-state index is 14.5. The normalized spacial score (nSPS) is 13.2. The van der Waals surface area contributed by atoms with E-state index in [1.54, 1.807) is 36.4 Å². The molecule has 0 bridgehead atoms. The van der Waals surface area contributed by atoms with E-state index in [0.717, 1.165) is 17.1 Å². The molecule has 1 heterocycles. The SMILES string of the molecule is C=CCC(F)(COc1ccc(C(=O)c2ccc3c(c2)c2cc(C(=O)c4ccc(OCC(F)(F)C(F)F)cc4)ccc2n3CC)cc1)C(F)F. The van der Waals surface area contributed by atoms with Gasteiger partial charge in [0, 0.05) is 57.0 Å². The average Bonchev–Trinajstić information content (AvgIpc) is 3.41. The first-order valence-corrected chi connectivity index (χ1v) is 15.1. The monoisotopic (exact) mass is 685 g/mol. The van der Waals surface area contributed by atoms with Gasteiger partial charge < -0.3 is 14.0 Å². The summed E-state index contributed by atoms with van der Waals surface area (Å²) in [6, 6.07) is 21.2. The minimum atomic E-state index is -4.32. The Labute approximate surface area is 276 Å². The number of nitrogens with zero attached hydrogens (tertiary/aromatic N) is 1. The van der Waals surface area contributed by atoms with Crippen LogP contribution >= 0.6 is 0 Å². The van der Waals surface area contributed by atoms with Gasteiger partial charge in [-0.15, -0.1) is 6.58 Å². The number of allylic oxidation sites excluding steroid dienone is 1. The topological polar surface area (TPSA) is 57.5 Å². The molecule has 0 N–H and O–H groups in total. The summed E-state index contributed by atoms with van der Waals surface area (Å²) in [6.07, 6.45) is -6.68. The lowest BCUT2D eigenvalue weighted by Gasteiger charge is -2.23. The number of ketones is 2. The second-order valence-electron chi connectivity index (χ2n) is 11.4. The van der Waals surface area contributed by atoms with Gasteiger partial charge in [-0.3, -0.25) is 9.59 Å². The Hall–Kier alpha value is -5.13. The molecule has 4 aromatic carbocycles. The lowest BCUT2D eigenvalue weighted by atomic mass is 9.99. The molecule has 49 heavy (non-hydrogen) atoms. The summed E-state index contributed by atoms with van der Waals surface area (Å²) >= 11 is 0. The molecular weight excluding hydrogens is 655 g/mol. The van der Waals surface area contributed by atoms with Crippen molar-refractivity contribution in [2.24, 2.45) is 0 Å². The van der Waals surface area contributed by atoms with Gasteiger partial charge in [-0.2, -0.15) is 8.78 Å². The number of rotatable bonds is 15. The van der Waals surface area contributed by atoms with Gasteiger partial charge in [0.2, 0.25) is 5.67 Å². The van der Waals surface area contributed by atoms with Crippen LogP contribution in [0.15, 0.2) is 97.6 Å². The quantitative estimate of drug-likeness (QED) is 0.0626. The molecule has 0 aliphatic carbocycles. The summed E-state index contributed by atoms with van der Waals surface area (Å²) in [5, 5.41) is 1.40. The van der Waals surface area contributed by atoms with Gasteiger partial charge in [-0.05, 0) is 91.9 Å². The lowest BCUT2D eigenvalue weighted by Crippen LogP contribution is -2.38. The van der Waals surface area contributed by atoms with E-state index in [2.05, 4.69) is 6.58 Å².